The molecule has 0 bridgehead atoms. The van der Waals surface area contributed by atoms with Crippen molar-refractivity contribution < 1.29 is 82.0 Å². The summed E-state index contributed by atoms with van der Waals surface area (Å²) in [7, 11) is -7.26. The summed E-state index contributed by atoms with van der Waals surface area (Å²) in [5.41, 5.74) is 0. The summed E-state index contributed by atoms with van der Waals surface area (Å²) in [6.07, 6.45) is 0. The summed E-state index contributed by atoms with van der Waals surface area (Å²) in [6.45, 7) is 0. The largest absolute Gasteiger partial charge is 2.00 e. The predicted molar refractivity (Wildman–Crippen MR) is 22.2 cm³/mol. The zero-order chi connectivity index (χ0) is 7.15. The van der Waals surface area contributed by atoms with Crippen LogP contribution < -0.4 is 67.6 Å². The van der Waals surface area contributed by atoms with Gasteiger partial charge in [0.1, 0.15) is 0 Å². The van der Waals surface area contributed by atoms with E-state index in [1.165, 1.54) is 0 Å². The Balaban J connectivity index is -0.0000000112. The molecule has 56 valence electrons. The van der Waals surface area contributed by atoms with Crippen LogP contribution in [0.25, 0.3) is 0 Å². The Labute approximate surface area is 122 Å². The van der Waals surface area contributed by atoms with Gasteiger partial charge in [0, 0.05) is 18.3 Å². The van der Waals surface area contributed by atoms with Crippen LogP contribution in [0.4, 0.5) is 0 Å². The van der Waals surface area contributed by atoms with Crippen molar-refractivity contribution in [2.45, 2.75) is 0 Å². The van der Waals surface area contributed by atoms with Gasteiger partial charge in [0.25, 0.3) is 0 Å². The minimum absolute atomic E-state index is 0. The molecule has 0 aromatic heterocycles. The molecule has 0 aliphatic heterocycles. The minimum Gasteiger partial charge on any atom is -0.672 e. The first-order chi connectivity index (χ1) is 3.46. The third-order valence-corrected chi connectivity index (χ3v) is 0. The van der Waals surface area contributed by atoms with E-state index in [9.17, 15) is 0 Å². The van der Waals surface area contributed by atoms with E-state index in [4.69, 9.17) is 28.1 Å². The molecule has 0 atom stereocenters. The van der Waals surface area contributed by atoms with Crippen molar-refractivity contribution in [1.29, 1.82) is 0 Å². The van der Waals surface area contributed by atoms with E-state index in [1.54, 1.807) is 0 Å². The number of hydrogen-bond acceptors (Lipinski definition) is 6. The topological polar surface area (TPSA) is 158 Å². The molecule has 0 aromatic carbocycles. The second kappa shape index (κ2) is 29.4. The summed E-state index contributed by atoms with van der Waals surface area (Å²) in [6, 6.07) is 0. The first kappa shape index (κ1) is 37.4. The fraction of sp³-hybridized carbons (Fsp3) is 0. The first-order valence-corrected chi connectivity index (χ1v) is 3.67. The van der Waals surface area contributed by atoms with Gasteiger partial charge < -0.3 is 33.6 Å². The SMILES string of the molecule is O.O=[Si]([O-])[O-].O=[Si]([O-])[O-].[Li+].[Mg+2].[Na+]. The van der Waals surface area contributed by atoms with Gasteiger partial charge in [-0.2, -0.15) is 0 Å². The molecule has 0 unspecified atom stereocenters. The summed E-state index contributed by atoms with van der Waals surface area (Å²) < 4.78 is 17.0. The Kier molecular flexibility index (Phi) is 91.6. The van der Waals surface area contributed by atoms with Crippen molar-refractivity contribution in [2.24, 2.45) is 0 Å². The average molecular weight is 224 g/mol. The molecule has 0 aliphatic carbocycles. The molecular weight excluding hydrogens is 222 g/mol. The third-order valence-electron chi connectivity index (χ3n) is 0. The molecule has 0 radical (unpaired) electrons. The van der Waals surface area contributed by atoms with Gasteiger partial charge in [0.05, 0.1) is 0 Å². The molecular formula is H2LiMgNaO7Si2. The van der Waals surface area contributed by atoms with Gasteiger partial charge in [0.2, 0.25) is 0 Å². The molecule has 0 aromatic rings. The second-order valence-corrected chi connectivity index (χ2v) is 1.50. The van der Waals surface area contributed by atoms with Gasteiger partial charge in [-0.15, -0.1) is 0 Å². The van der Waals surface area contributed by atoms with E-state index in [0.29, 0.717) is 0 Å². The van der Waals surface area contributed by atoms with Crippen molar-refractivity contribution >= 4 is 41.4 Å². The van der Waals surface area contributed by atoms with Gasteiger partial charge in [0.15, 0.2) is 0 Å². The van der Waals surface area contributed by atoms with Crippen molar-refractivity contribution in [1.82, 2.24) is 0 Å². The number of hydrogen-bond donors (Lipinski definition) is 0. The Morgan fingerprint density at radius 1 is 0.833 bits per heavy atom. The predicted octanol–water partition coefficient (Wildman–Crippen LogP) is -13.0. The van der Waals surface area contributed by atoms with Crippen molar-refractivity contribution in [2.75, 3.05) is 0 Å². The van der Waals surface area contributed by atoms with Crippen molar-refractivity contribution in [3.05, 3.63) is 0 Å². The van der Waals surface area contributed by atoms with Crippen LogP contribution >= 0.6 is 0 Å². The Morgan fingerprint density at radius 2 is 0.833 bits per heavy atom. The van der Waals surface area contributed by atoms with Crippen molar-refractivity contribution in [3.63, 3.8) is 0 Å². The Bertz CT molecular complexity index is 79.4. The monoisotopic (exact) mass is 224 g/mol. The number of rotatable bonds is 0. The molecule has 0 rings (SSSR count). The maximum Gasteiger partial charge on any atom is 2.00 e. The minimum atomic E-state index is -3.63. The standard InChI is InChI=1S/Li.Mg.Na.2O3Si.H2O/c;;;2*1-4(2)3;/h;;;;;1H2/q+1;+2;+1;2*-2;. The summed E-state index contributed by atoms with van der Waals surface area (Å²) in [5, 5.41) is 0. The van der Waals surface area contributed by atoms with E-state index in [1.807, 2.05) is 0 Å². The summed E-state index contributed by atoms with van der Waals surface area (Å²) in [5.74, 6) is 0. The zero-order valence-electron chi connectivity index (χ0n) is 6.66. The van der Waals surface area contributed by atoms with E-state index >= 15 is 0 Å². The van der Waals surface area contributed by atoms with Gasteiger partial charge in [-0.3, -0.25) is 0 Å². The Morgan fingerprint density at radius 3 is 0.833 bits per heavy atom. The van der Waals surface area contributed by atoms with Crippen LogP contribution in [0.1, 0.15) is 0 Å². The van der Waals surface area contributed by atoms with Crippen LogP contribution in [0.2, 0.25) is 0 Å². The fourth-order valence-corrected chi connectivity index (χ4v) is 0. The smallest absolute Gasteiger partial charge is 0.672 e. The van der Waals surface area contributed by atoms with Gasteiger partial charge in [-0.1, -0.05) is 0 Å². The molecule has 0 amide bonds. The summed E-state index contributed by atoms with van der Waals surface area (Å²) in [4.78, 5) is 34.1. The molecule has 0 spiro atoms. The fourth-order valence-electron chi connectivity index (χ4n) is 0. The third kappa shape index (κ3) is 531. The molecule has 12 heavy (non-hydrogen) atoms. The average Bonchev–Trinajstić information content (AvgIpc) is 1.25. The molecule has 7 nitrogen and oxygen atoms in total. The van der Waals surface area contributed by atoms with E-state index in [0.717, 1.165) is 0 Å². The van der Waals surface area contributed by atoms with Gasteiger partial charge in [-0.25, -0.2) is 0 Å². The van der Waals surface area contributed by atoms with Gasteiger partial charge in [-0.05, 0) is 0 Å². The molecule has 0 heterocycles. The Hall–Kier alpha value is 1.56. The van der Waals surface area contributed by atoms with Crippen LogP contribution in [-0.4, -0.2) is 46.9 Å². The van der Waals surface area contributed by atoms with Crippen LogP contribution in [-0.2, 0) is 8.92 Å². The first-order valence-electron chi connectivity index (χ1n) is 1.22. The molecule has 0 saturated heterocycles. The molecule has 2 N–H and O–H groups in total. The summed E-state index contributed by atoms with van der Waals surface area (Å²) >= 11 is 0. The normalized spacial score (nSPS) is 4.00. The van der Waals surface area contributed by atoms with E-state index in [-0.39, 0.29) is 76.9 Å². The second-order valence-electron chi connectivity index (χ2n) is 0.500. The van der Waals surface area contributed by atoms with Crippen LogP contribution in [0.3, 0.4) is 0 Å². The maximum atomic E-state index is 8.52. The van der Waals surface area contributed by atoms with E-state index < -0.39 is 18.3 Å². The van der Waals surface area contributed by atoms with Crippen LogP contribution in [0, 0.1) is 0 Å². The molecule has 0 fully saturated rings. The quantitative estimate of drug-likeness (QED) is 0.371. The van der Waals surface area contributed by atoms with Crippen LogP contribution in [0.15, 0.2) is 0 Å². The van der Waals surface area contributed by atoms with Crippen molar-refractivity contribution in [3.8, 4) is 0 Å². The van der Waals surface area contributed by atoms with Gasteiger partial charge >= 0.3 is 71.5 Å². The molecule has 0 aliphatic rings. The maximum absolute atomic E-state index is 8.52. The zero-order valence-corrected chi connectivity index (χ0v) is 12.1. The van der Waals surface area contributed by atoms with Crippen LogP contribution in [0.5, 0.6) is 0 Å². The van der Waals surface area contributed by atoms with E-state index in [2.05, 4.69) is 0 Å². The molecule has 12 heteroatoms. The molecule has 0 saturated carbocycles.